The summed E-state index contributed by atoms with van der Waals surface area (Å²) in [5, 5.41) is 11.0. The lowest BCUT2D eigenvalue weighted by atomic mass is 9.93. The molecule has 2 aromatic rings. The van der Waals surface area contributed by atoms with E-state index >= 15 is 0 Å². The molecule has 1 saturated heterocycles. The second-order valence-electron chi connectivity index (χ2n) is 6.20. The van der Waals surface area contributed by atoms with E-state index in [2.05, 4.69) is 11.9 Å². The van der Waals surface area contributed by atoms with E-state index in [-0.39, 0.29) is 24.5 Å². The van der Waals surface area contributed by atoms with E-state index in [1.807, 2.05) is 29.3 Å². The van der Waals surface area contributed by atoms with E-state index < -0.39 is 0 Å². The van der Waals surface area contributed by atoms with Crippen molar-refractivity contribution in [3.63, 3.8) is 0 Å². The van der Waals surface area contributed by atoms with Crippen molar-refractivity contribution in [3.8, 4) is 0 Å². The fraction of sp³-hybridized carbons (Fsp3) is 0.471. The highest BCUT2D eigenvalue weighted by Crippen LogP contribution is 2.25. The Kier molecular flexibility index (Phi) is 4.41. The standard InChI is InChI=1S/C17H21ClN2O2/c1-11-2-3-12(10-21)9-20(11)17(22)6-13-8-19-16-5-4-14(18)7-15(13)16/h4-5,7-8,11-12,19,21H,2-3,6,9-10H2,1H3. The highest BCUT2D eigenvalue weighted by atomic mass is 35.5. The molecule has 22 heavy (non-hydrogen) atoms. The highest BCUT2D eigenvalue weighted by molar-refractivity contribution is 6.31. The topological polar surface area (TPSA) is 56.3 Å². The monoisotopic (exact) mass is 320 g/mol. The normalized spacial score (nSPS) is 22.2. The zero-order valence-corrected chi connectivity index (χ0v) is 13.4. The number of rotatable bonds is 3. The number of halogens is 1. The Hall–Kier alpha value is -1.52. The van der Waals surface area contributed by atoms with E-state index in [0.29, 0.717) is 18.0 Å². The number of carbonyl (C=O) groups excluding carboxylic acids is 1. The van der Waals surface area contributed by atoms with Crippen LogP contribution in [0.2, 0.25) is 5.02 Å². The second kappa shape index (κ2) is 6.31. The van der Waals surface area contributed by atoms with E-state index in [4.69, 9.17) is 11.6 Å². The van der Waals surface area contributed by atoms with Gasteiger partial charge in [0.2, 0.25) is 5.91 Å². The number of piperidine rings is 1. The maximum absolute atomic E-state index is 12.7. The van der Waals surface area contributed by atoms with Crippen LogP contribution in [0, 0.1) is 5.92 Å². The first-order chi connectivity index (χ1) is 10.6. The molecule has 4 nitrogen and oxygen atoms in total. The van der Waals surface area contributed by atoms with Crippen molar-refractivity contribution in [2.45, 2.75) is 32.2 Å². The Labute approximate surface area is 135 Å². The first-order valence-corrected chi connectivity index (χ1v) is 8.12. The number of benzene rings is 1. The lowest BCUT2D eigenvalue weighted by Gasteiger charge is -2.37. The van der Waals surface area contributed by atoms with Crippen LogP contribution < -0.4 is 0 Å². The summed E-state index contributed by atoms with van der Waals surface area (Å²) in [7, 11) is 0. The third-order valence-corrected chi connectivity index (χ3v) is 4.86. The van der Waals surface area contributed by atoms with Gasteiger partial charge in [-0.05, 0) is 49.4 Å². The quantitative estimate of drug-likeness (QED) is 0.913. The molecule has 0 radical (unpaired) electrons. The van der Waals surface area contributed by atoms with Crippen molar-refractivity contribution in [1.82, 2.24) is 9.88 Å². The van der Waals surface area contributed by atoms with Gasteiger partial charge in [0.25, 0.3) is 0 Å². The lowest BCUT2D eigenvalue weighted by molar-refractivity contribution is -0.135. The molecular formula is C17H21ClN2O2. The molecule has 1 amide bonds. The number of likely N-dealkylation sites (tertiary alicyclic amines) is 1. The SMILES string of the molecule is CC1CCC(CO)CN1C(=O)Cc1c[nH]c2ccc(Cl)cc12. The van der Waals surface area contributed by atoms with Crippen molar-refractivity contribution in [2.24, 2.45) is 5.92 Å². The van der Waals surface area contributed by atoms with Gasteiger partial charge in [0.1, 0.15) is 0 Å². The highest BCUT2D eigenvalue weighted by Gasteiger charge is 2.28. The molecular weight excluding hydrogens is 300 g/mol. The summed E-state index contributed by atoms with van der Waals surface area (Å²) in [6.07, 6.45) is 4.20. The van der Waals surface area contributed by atoms with Gasteiger partial charge in [-0.25, -0.2) is 0 Å². The van der Waals surface area contributed by atoms with Crippen molar-refractivity contribution in [3.05, 3.63) is 35.0 Å². The number of aliphatic hydroxyl groups is 1. The van der Waals surface area contributed by atoms with Crippen molar-refractivity contribution in [2.75, 3.05) is 13.2 Å². The molecule has 5 heteroatoms. The summed E-state index contributed by atoms with van der Waals surface area (Å²) in [4.78, 5) is 17.8. The van der Waals surface area contributed by atoms with Gasteiger partial charge in [-0.3, -0.25) is 4.79 Å². The minimum Gasteiger partial charge on any atom is -0.396 e. The molecule has 118 valence electrons. The van der Waals surface area contributed by atoms with Gasteiger partial charge in [0.05, 0.1) is 6.42 Å². The van der Waals surface area contributed by atoms with Crippen LogP contribution in [0.3, 0.4) is 0 Å². The maximum atomic E-state index is 12.7. The molecule has 2 N–H and O–H groups in total. The molecule has 1 aliphatic heterocycles. The van der Waals surface area contributed by atoms with Crippen LogP contribution in [-0.4, -0.2) is 40.1 Å². The molecule has 2 atom stereocenters. The largest absolute Gasteiger partial charge is 0.396 e. The van der Waals surface area contributed by atoms with Gasteiger partial charge in [-0.1, -0.05) is 11.6 Å². The van der Waals surface area contributed by atoms with E-state index in [0.717, 1.165) is 29.3 Å². The molecule has 0 bridgehead atoms. The number of hydrogen-bond donors (Lipinski definition) is 2. The third kappa shape index (κ3) is 2.99. The number of hydrogen-bond acceptors (Lipinski definition) is 2. The van der Waals surface area contributed by atoms with Crippen LogP contribution in [0.5, 0.6) is 0 Å². The third-order valence-electron chi connectivity index (χ3n) is 4.63. The predicted octanol–water partition coefficient (Wildman–Crippen LogP) is 2.98. The first-order valence-electron chi connectivity index (χ1n) is 7.74. The van der Waals surface area contributed by atoms with E-state index in [1.54, 1.807) is 0 Å². The summed E-state index contributed by atoms with van der Waals surface area (Å²) in [6, 6.07) is 5.90. The van der Waals surface area contributed by atoms with Crippen LogP contribution in [0.4, 0.5) is 0 Å². The molecule has 1 aromatic carbocycles. The first kappa shape index (κ1) is 15.4. The Morgan fingerprint density at radius 3 is 3.05 bits per heavy atom. The number of aromatic amines is 1. The smallest absolute Gasteiger partial charge is 0.227 e. The number of carbonyl (C=O) groups is 1. The number of fused-ring (bicyclic) bond motifs is 1. The molecule has 1 aromatic heterocycles. The van der Waals surface area contributed by atoms with Gasteiger partial charge in [-0.2, -0.15) is 0 Å². The van der Waals surface area contributed by atoms with Gasteiger partial charge < -0.3 is 15.0 Å². The number of nitrogens with zero attached hydrogens (tertiary/aromatic N) is 1. The number of aliphatic hydroxyl groups excluding tert-OH is 1. The minimum absolute atomic E-state index is 0.117. The van der Waals surface area contributed by atoms with Gasteiger partial charge in [-0.15, -0.1) is 0 Å². The molecule has 1 aliphatic rings. The van der Waals surface area contributed by atoms with Crippen LogP contribution in [-0.2, 0) is 11.2 Å². The zero-order valence-electron chi connectivity index (χ0n) is 12.7. The van der Waals surface area contributed by atoms with Crippen molar-refractivity contribution >= 4 is 28.4 Å². The average Bonchev–Trinajstić information content (AvgIpc) is 2.90. The molecule has 0 saturated carbocycles. The van der Waals surface area contributed by atoms with Crippen LogP contribution >= 0.6 is 11.6 Å². The van der Waals surface area contributed by atoms with E-state index in [9.17, 15) is 9.90 Å². The lowest BCUT2D eigenvalue weighted by Crippen LogP contribution is -2.46. The van der Waals surface area contributed by atoms with Crippen molar-refractivity contribution < 1.29 is 9.90 Å². The summed E-state index contributed by atoms with van der Waals surface area (Å²) < 4.78 is 0. The van der Waals surface area contributed by atoms with Gasteiger partial charge >= 0.3 is 0 Å². The van der Waals surface area contributed by atoms with Crippen LogP contribution in [0.15, 0.2) is 24.4 Å². The summed E-state index contributed by atoms with van der Waals surface area (Å²) in [5.74, 6) is 0.323. The van der Waals surface area contributed by atoms with Crippen molar-refractivity contribution in [1.29, 1.82) is 0 Å². The molecule has 2 unspecified atom stereocenters. The van der Waals surface area contributed by atoms with Gasteiger partial charge in [0.15, 0.2) is 0 Å². The summed E-state index contributed by atoms with van der Waals surface area (Å²) in [5.41, 5.74) is 1.97. The van der Waals surface area contributed by atoms with E-state index in [1.165, 1.54) is 0 Å². The molecule has 3 rings (SSSR count). The fourth-order valence-electron chi connectivity index (χ4n) is 3.24. The Morgan fingerprint density at radius 2 is 2.27 bits per heavy atom. The Bertz CT molecular complexity index is 682. The molecule has 0 spiro atoms. The summed E-state index contributed by atoms with van der Waals surface area (Å²) in [6.45, 7) is 2.89. The fourth-order valence-corrected chi connectivity index (χ4v) is 3.41. The average molecular weight is 321 g/mol. The summed E-state index contributed by atoms with van der Waals surface area (Å²) >= 11 is 6.06. The molecule has 0 aliphatic carbocycles. The van der Waals surface area contributed by atoms with Crippen LogP contribution in [0.1, 0.15) is 25.3 Å². The molecule has 1 fully saturated rings. The number of nitrogens with one attached hydrogen (secondary N) is 1. The van der Waals surface area contributed by atoms with Crippen LogP contribution in [0.25, 0.3) is 10.9 Å². The minimum atomic E-state index is 0.117. The Balaban J connectivity index is 1.79. The Morgan fingerprint density at radius 1 is 1.45 bits per heavy atom. The molecule has 2 heterocycles. The zero-order chi connectivity index (χ0) is 15.7. The number of H-pyrrole nitrogens is 1. The number of amides is 1. The second-order valence-corrected chi connectivity index (χ2v) is 6.64. The predicted molar refractivity (Wildman–Crippen MR) is 88.0 cm³/mol. The number of aromatic nitrogens is 1. The maximum Gasteiger partial charge on any atom is 0.227 e. The van der Waals surface area contributed by atoms with Gasteiger partial charge in [0, 0.05) is 41.3 Å².